The minimum Gasteiger partial charge on any atom is -0.497 e. The smallest absolute Gasteiger partial charge is 0.227 e. The van der Waals surface area contributed by atoms with Crippen molar-refractivity contribution in [2.75, 3.05) is 26.7 Å². The summed E-state index contributed by atoms with van der Waals surface area (Å²) in [4.78, 5) is 22.4. The number of piperazine rings is 1. The number of amidine groups is 1. The molecule has 174 valence electrons. The molecule has 1 unspecified atom stereocenters. The van der Waals surface area contributed by atoms with Gasteiger partial charge < -0.3 is 19.3 Å². The van der Waals surface area contributed by atoms with Crippen molar-refractivity contribution in [1.29, 1.82) is 0 Å². The van der Waals surface area contributed by atoms with Gasteiger partial charge in [0.15, 0.2) is 5.75 Å². The average molecular weight is 456 g/mol. The summed E-state index contributed by atoms with van der Waals surface area (Å²) < 4.78 is 11.5. The lowest BCUT2D eigenvalue weighted by atomic mass is 10.1. The SMILES string of the molecule is COc1ccc(CC(=O)N2CCN(C3=Nc4ccc(C)cc4Oc4ccccc43)CC2C)cc1. The Bertz CT molecular complexity index is 1240. The number of nitrogens with zero attached hydrogens (tertiary/aromatic N) is 3. The van der Waals surface area contributed by atoms with Crippen molar-refractivity contribution in [2.24, 2.45) is 4.99 Å². The number of carbonyl (C=O) groups is 1. The Morgan fingerprint density at radius 1 is 1.06 bits per heavy atom. The van der Waals surface area contributed by atoms with E-state index in [2.05, 4.69) is 30.9 Å². The highest BCUT2D eigenvalue weighted by atomic mass is 16.5. The van der Waals surface area contributed by atoms with Gasteiger partial charge in [-0.1, -0.05) is 30.3 Å². The van der Waals surface area contributed by atoms with Crippen LogP contribution in [0.1, 0.15) is 23.6 Å². The number of carbonyl (C=O) groups excluding carboxylic acids is 1. The fourth-order valence-electron chi connectivity index (χ4n) is 4.61. The molecule has 2 aliphatic rings. The van der Waals surface area contributed by atoms with Crippen LogP contribution in [-0.4, -0.2) is 54.3 Å². The quantitative estimate of drug-likeness (QED) is 0.560. The van der Waals surface area contributed by atoms with Crippen molar-refractivity contribution >= 4 is 17.4 Å². The first kappa shape index (κ1) is 22.0. The van der Waals surface area contributed by atoms with Crippen LogP contribution in [0.15, 0.2) is 71.7 Å². The maximum absolute atomic E-state index is 13.1. The van der Waals surface area contributed by atoms with Crippen LogP contribution in [-0.2, 0) is 11.2 Å². The lowest BCUT2D eigenvalue weighted by molar-refractivity contribution is -0.134. The third kappa shape index (κ3) is 4.36. The molecule has 2 heterocycles. The molecule has 1 saturated heterocycles. The molecular weight excluding hydrogens is 426 g/mol. The van der Waals surface area contributed by atoms with Crippen LogP contribution in [0.2, 0.25) is 0 Å². The Hall–Kier alpha value is -3.80. The second-order valence-corrected chi connectivity index (χ2v) is 8.91. The molecule has 0 saturated carbocycles. The van der Waals surface area contributed by atoms with Gasteiger partial charge in [0.2, 0.25) is 5.91 Å². The number of para-hydroxylation sites is 1. The molecule has 34 heavy (non-hydrogen) atoms. The Balaban J connectivity index is 1.36. The van der Waals surface area contributed by atoms with E-state index in [4.69, 9.17) is 14.5 Å². The van der Waals surface area contributed by atoms with E-state index in [1.165, 1.54) is 0 Å². The Kier molecular flexibility index (Phi) is 5.97. The van der Waals surface area contributed by atoms with Gasteiger partial charge in [0, 0.05) is 25.7 Å². The topological polar surface area (TPSA) is 54.4 Å². The Morgan fingerprint density at radius 2 is 1.85 bits per heavy atom. The van der Waals surface area contributed by atoms with Crippen molar-refractivity contribution in [1.82, 2.24) is 9.80 Å². The predicted molar refractivity (Wildman–Crippen MR) is 133 cm³/mol. The van der Waals surface area contributed by atoms with Gasteiger partial charge in [-0.2, -0.15) is 0 Å². The van der Waals surface area contributed by atoms with Crippen LogP contribution in [0.3, 0.4) is 0 Å². The number of hydrogen-bond donors (Lipinski definition) is 0. The molecule has 3 aromatic rings. The number of ether oxygens (including phenoxy) is 2. The van der Waals surface area contributed by atoms with E-state index in [0.717, 1.165) is 45.5 Å². The minimum absolute atomic E-state index is 0.0658. The number of aliphatic imine (C=N–C) groups is 1. The highest BCUT2D eigenvalue weighted by Gasteiger charge is 2.31. The third-order valence-electron chi connectivity index (χ3n) is 6.45. The molecule has 0 spiro atoms. The van der Waals surface area contributed by atoms with E-state index in [0.29, 0.717) is 26.1 Å². The predicted octanol–water partition coefficient (Wildman–Crippen LogP) is 4.96. The molecule has 1 atom stereocenters. The molecule has 6 heteroatoms. The largest absolute Gasteiger partial charge is 0.497 e. The van der Waals surface area contributed by atoms with Gasteiger partial charge in [0.25, 0.3) is 0 Å². The summed E-state index contributed by atoms with van der Waals surface area (Å²) in [6, 6.07) is 21.9. The number of amides is 1. The van der Waals surface area contributed by atoms with E-state index < -0.39 is 0 Å². The summed E-state index contributed by atoms with van der Waals surface area (Å²) in [5.74, 6) is 3.40. The molecule has 0 aliphatic carbocycles. The van der Waals surface area contributed by atoms with Gasteiger partial charge >= 0.3 is 0 Å². The van der Waals surface area contributed by atoms with Crippen LogP contribution in [0, 0.1) is 6.92 Å². The van der Waals surface area contributed by atoms with E-state index >= 15 is 0 Å². The van der Waals surface area contributed by atoms with Crippen LogP contribution < -0.4 is 9.47 Å². The first-order chi connectivity index (χ1) is 16.5. The zero-order valence-corrected chi connectivity index (χ0v) is 19.8. The fourth-order valence-corrected chi connectivity index (χ4v) is 4.61. The summed E-state index contributed by atoms with van der Waals surface area (Å²) in [7, 11) is 1.64. The maximum atomic E-state index is 13.1. The lowest BCUT2D eigenvalue weighted by Crippen LogP contribution is -2.55. The van der Waals surface area contributed by atoms with Gasteiger partial charge in [-0.3, -0.25) is 4.79 Å². The lowest BCUT2D eigenvalue weighted by Gasteiger charge is -2.41. The molecule has 6 nitrogen and oxygen atoms in total. The molecule has 0 aromatic heterocycles. The van der Waals surface area contributed by atoms with Gasteiger partial charge in [-0.15, -0.1) is 0 Å². The molecule has 1 fully saturated rings. The second-order valence-electron chi connectivity index (χ2n) is 8.91. The average Bonchev–Trinajstić information content (AvgIpc) is 3.00. The third-order valence-corrected chi connectivity index (χ3v) is 6.45. The Labute approximate surface area is 200 Å². The highest BCUT2D eigenvalue weighted by Crippen LogP contribution is 2.38. The van der Waals surface area contributed by atoms with Crippen molar-refractivity contribution < 1.29 is 14.3 Å². The van der Waals surface area contributed by atoms with Crippen molar-refractivity contribution in [3.8, 4) is 17.2 Å². The van der Waals surface area contributed by atoms with Crippen LogP contribution in [0.25, 0.3) is 0 Å². The summed E-state index contributed by atoms with van der Waals surface area (Å²) in [5.41, 5.74) is 3.92. The molecule has 0 radical (unpaired) electrons. The summed E-state index contributed by atoms with van der Waals surface area (Å²) in [6.45, 7) is 6.23. The maximum Gasteiger partial charge on any atom is 0.227 e. The number of aryl methyl sites for hydroxylation is 1. The number of hydrogen-bond acceptors (Lipinski definition) is 5. The van der Waals surface area contributed by atoms with Crippen LogP contribution >= 0.6 is 0 Å². The molecule has 0 N–H and O–H groups in total. The number of benzene rings is 3. The second kappa shape index (κ2) is 9.21. The fraction of sp³-hybridized carbons (Fsp3) is 0.286. The van der Waals surface area contributed by atoms with Gasteiger partial charge in [0.05, 0.1) is 19.1 Å². The number of rotatable bonds is 3. The van der Waals surface area contributed by atoms with Crippen molar-refractivity contribution in [3.05, 3.63) is 83.4 Å². The standard InChI is InChI=1S/C28H29N3O3/c1-19-8-13-24-26(16-19)34-25-7-5-4-6-23(25)28(29-24)30-14-15-31(20(2)18-30)27(32)17-21-9-11-22(33-3)12-10-21/h4-13,16,20H,14-15,17-18H2,1-3H3. The molecule has 2 aliphatic heterocycles. The monoisotopic (exact) mass is 455 g/mol. The first-order valence-electron chi connectivity index (χ1n) is 11.7. The zero-order valence-electron chi connectivity index (χ0n) is 19.8. The molecular formula is C28H29N3O3. The number of fused-ring (bicyclic) bond motifs is 2. The highest BCUT2D eigenvalue weighted by molar-refractivity contribution is 6.04. The van der Waals surface area contributed by atoms with Gasteiger partial charge in [-0.05, 0) is 61.4 Å². The van der Waals surface area contributed by atoms with Crippen molar-refractivity contribution in [2.45, 2.75) is 26.3 Å². The van der Waals surface area contributed by atoms with E-state index in [1.54, 1.807) is 7.11 Å². The molecule has 5 rings (SSSR count). The first-order valence-corrected chi connectivity index (χ1v) is 11.7. The number of methoxy groups -OCH3 is 1. The zero-order chi connectivity index (χ0) is 23.7. The normalized spacial score (nSPS) is 17.1. The van der Waals surface area contributed by atoms with E-state index in [-0.39, 0.29) is 11.9 Å². The minimum atomic E-state index is 0.0658. The summed E-state index contributed by atoms with van der Waals surface area (Å²) in [6.07, 6.45) is 0.388. The molecule has 3 aromatic carbocycles. The van der Waals surface area contributed by atoms with Crippen LogP contribution in [0.5, 0.6) is 17.2 Å². The van der Waals surface area contributed by atoms with E-state index in [1.807, 2.05) is 59.5 Å². The van der Waals surface area contributed by atoms with Crippen LogP contribution in [0.4, 0.5) is 5.69 Å². The Morgan fingerprint density at radius 3 is 2.62 bits per heavy atom. The van der Waals surface area contributed by atoms with Gasteiger partial charge in [-0.25, -0.2) is 4.99 Å². The summed E-state index contributed by atoms with van der Waals surface area (Å²) in [5, 5.41) is 0. The molecule has 1 amide bonds. The van der Waals surface area contributed by atoms with Crippen molar-refractivity contribution in [3.63, 3.8) is 0 Å². The van der Waals surface area contributed by atoms with Gasteiger partial charge in [0.1, 0.15) is 23.0 Å². The van der Waals surface area contributed by atoms with E-state index in [9.17, 15) is 4.79 Å². The summed E-state index contributed by atoms with van der Waals surface area (Å²) >= 11 is 0. The molecule has 0 bridgehead atoms.